The van der Waals surface area contributed by atoms with Gasteiger partial charge in [0.25, 0.3) is 0 Å². The number of anilines is 1. The lowest BCUT2D eigenvalue weighted by Gasteiger charge is -2.34. The number of halogens is 1. The molecule has 4 rings (SSSR count). The lowest BCUT2D eigenvalue weighted by atomic mass is 10.1. The minimum atomic E-state index is -3.75. The Bertz CT molecular complexity index is 1290. The Morgan fingerprint density at radius 2 is 1.91 bits per heavy atom. The van der Waals surface area contributed by atoms with Crippen LogP contribution in [-0.2, 0) is 20.5 Å². The van der Waals surface area contributed by atoms with Crippen molar-refractivity contribution in [3.8, 4) is 0 Å². The number of hydrogen-bond donors (Lipinski definition) is 1. The summed E-state index contributed by atoms with van der Waals surface area (Å²) in [4.78, 5) is 12.8. The molecular formula is C23H25FN4O4S3. The average molecular weight is 537 g/mol. The quantitative estimate of drug-likeness (QED) is 0.323. The number of nitrogens with zero attached hydrogens (tertiary/aromatic N) is 3. The highest BCUT2D eigenvalue weighted by atomic mass is 32.2. The molecule has 12 heteroatoms. The summed E-state index contributed by atoms with van der Waals surface area (Å²) in [6, 6.07) is 12.6. The van der Waals surface area contributed by atoms with Crippen molar-refractivity contribution in [2.24, 2.45) is 0 Å². The molecule has 2 heterocycles. The molecule has 2 aromatic carbocycles. The Balaban J connectivity index is 1.36. The van der Waals surface area contributed by atoms with E-state index in [0.29, 0.717) is 20.8 Å². The summed E-state index contributed by atoms with van der Waals surface area (Å²) in [5.74, 6) is -0.126. The number of thioether (sulfide) groups is 1. The van der Waals surface area contributed by atoms with Crippen LogP contribution < -0.4 is 5.32 Å². The van der Waals surface area contributed by atoms with Gasteiger partial charge in [0.15, 0.2) is 10.1 Å². The van der Waals surface area contributed by atoms with E-state index in [1.807, 2.05) is 13.8 Å². The second-order valence-electron chi connectivity index (χ2n) is 8.14. The van der Waals surface area contributed by atoms with Crippen LogP contribution in [0.3, 0.4) is 0 Å². The summed E-state index contributed by atoms with van der Waals surface area (Å²) in [6.45, 7) is 4.13. The maximum absolute atomic E-state index is 13.8. The SMILES string of the molecule is CC1CN(S(=O)(=O)c2cccc(C(=O)CNc3nnc(SCc4ccccc4F)s3)c2)CC(C)O1. The van der Waals surface area contributed by atoms with Gasteiger partial charge >= 0.3 is 0 Å². The fourth-order valence-electron chi connectivity index (χ4n) is 3.66. The third kappa shape index (κ3) is 6.44. The molecule has 186 valence electrons. The van der Waals surface area contributed by atoms with Crippen LogP contribution in [0.2, 0.25) is 0 Å². The van der Waals surface area contributed by atoms with Gasteiger partial charge in [0.1, 0.15) is 5.82 Å². The Hall–Kier alpha value is -2.38. The monoisotopic (exact) mass is 536 g/mol. The molecular weight excluding hydrogens is 511 g/mol. The molecule has 1 fully saturated rings. The molecule has 1 saturated heterocycles. The van der Waals surface area contributed by atoms with E-state index in [-0.39, 0.29) is 53.9 Å². The van der Waals surface area contributed by atoms with E-state index >= 15 is 0 Å². The summed E-state index contributed by atoms with van der Waals surface area (Å²) in [5, 5.41) is 11.5. The number of aromatic nitrogens is 2. The van der Waals surface area contributed by atoms with E-state index in [1.54, 1.807) is 30.3 Å². The van der Waals surface area contributed by atoms with Gasteiger partial charge in [-0.05, 0) is 37.6 Å². The molecule has 8 nitrogen and oxygen atoms in total. The standard InChI is InChI=1S/C23H25FN4O4S3/c1-15-12-28(13-16(2)32-15)35(30,31)19-8-5-7-17(10-19)21(29)11-25-22-26-27-23(34-22)33-14-18-6-3-4-9-20(18)24/h3-10,15-16H,11-14H2,1-2H3,(H,25,26). The van der Waals surface area contributed by atoms with Gasteiger partial charge in [-0.15, -0.1) is 10.2 Å². The molecule has 3 aromatic rings. The van der Waals surface area contributed by atoms with Crippen LogP contribution in [0, 0.1) is 5.82 Å². The summed E-state index contributed by atoms with van der Waals surface area (Å²) in [7, 11) is -3.75. The van der Waals surface area contributed by atoms with Crippen molar-refractivity contribution in [1.29, 1.82) is 0 Å². The maximum Gasteiger partial charge on any atom is 0.243 e. The largest absolute Gasteiger partial charge is 0.373 e. The van der Waals surface area contributed by atoms with Crippen molar-refractivity contribution in [3.63, 3.8) is 0 Å². The van der Waals surface area contributed by atoms with Gasteiger partial charge in [-0.1, -0.05) is 53.4 Å². The first-order valence-electron chi connectivity index (χ1n) is 10.9. The zero-order valence-corrected chi connectivity index (χ0v) is 21.6. The second-order valence-corrected chi connectivity index (χ2v) is 12.3. The number of sulfonamides is 1. The molecule has 35 heavy (non-hydrogen) atoms. The van der Waals surface area contributed by atoms with E-state index in [4.69, 9.17) is 4.74 Å². The summed E-state index contributed by atoms with van der Waals surface area (Å²) in [5.41, 5.74) is 0.861. The molecule has 1 aromatic heterocycles. The molecule has 2 unspecified atom stereocenters. The van der Waals surface area contributed by atoms with Gasteiger partial charge in [0.2, 0.25) is 15.2 Å². The highest BCUT2D eigenvalue weighted by molar-refractivity contribution is 8.00. The van der Waals surface area contributed by atoms with E-state index in [1.165, 1.54) is 45.6 Å². The van der Waals surface area contributed by atoms with Crippen LogP contribution >= 0.6 is 23.1 Å². The zero-order valence-electron chi connectivity index (χ0n) is 19.2. The van der Waals surface area contributed by atoms with E-state index in [9.17, 15) is 17.6 Å². The van der Waals surface area contributed by atoms with Gasteiger partial charge in [-0.25, -0.2) is 12.8 Å². The Kier molecular flexibility index (Phi) is 8.17. The summed E-state index contributed by atoms with van der Waals surface area (Å²) < 4.78 is 47.7. The number of nitrogens with one attached hydrogen (secondary N) is 1. The van der Waals surface area contributed by atoms with Crippen LogP contribution in [0.25, 0.3) is 0 Å². The van der Waals surface area contributed by atoms with Gasteiger partial charge in [-0.2, -0.15) is 4.31 Å². The first kappa shape index (κ1) is 25.7. The van der Waals surface area contributed by atoms with Gasteiger partial charge in [0, 0.05) is 24.4 Å². The third-order valence-corrected chi connectivity index (χ3v) is 9.19. The van der Waals surface area contributed by atoms with Crippen molar-refractivity contribution < 1.29 is 22.3 Å². The lowest BCUT2D eigenvalue weighted by Crippen LogP contribution is -2.48. The molecule has 2 atom stereocenters. The maximum atomic E-state index is 13.8. The van der Waals surface area contributed by atoms with Crippen LogP contribution in [0.4, 0.5) is 9.52 Å². The zero-order chi connectivity index (χ0) is 25.0. The average Bonchev–Trinajstić information content (AvgIpc) is 3.29. The molecule has 0 radical (unpaired) electrons. The van der Waals surface area contributed by atoms with Gasteiger partial charge in [-0.3, -0.25) is 4.79 Å². The predicted octanol–water partition coefficient (Wildman–Crippen LogP) is 4.06. The third-order valence-electron chi connectivity index (χ3n) is 5.30. The Morgan fingerprint density at radius 1 is 1.17 bits per heavy atom. The topological polar surface area (TPSA) is 101 Å². The minimum Gasteiger partial charge on any atom is -0.373 e. The highest BCUT2D eigenvalue weighted by Crippen LogP contribution is 2.29. The van der Waals surface area contributed by atoms with Crippen LogP contribution in [-0.4, -0.2) is 60.5 Å². The molecule has 0 amide bonds. The van der Waals surface area contributed by atoms with Crippen molar-refractivity contribution in [2.75, 3.05) is 25.0 Å². The van der Waals surface area contributed by atoms with Crippen LogP contribution in [0.5, 0.6) is 0 Å². The number of carbonyl (C=O) groups excluding carboxylic acids is 1. The highest BCUT2D eigenvalue weighted by Gasteiger charge is 2.32. The molecule has 0 saturated carbocycles. The smallest absolute Gasteiger partial charge is 0.243 e. The molecule has 1 aliphatic heterocycles. The second kappa shape index (κ2) is 11.1. The number of ketones is 1. The Morgan fingerprint density at radius 3 is 2.66 bits per heavy atom. The fourth-order valence-corrected chi connectivity index (χ4v) is 7.03. The molecule has 1 N–H and O–H groups in total. The molecule has 0 aliphatic carbocycles. The first-order chi connectivity index (χ1) is 16.7. The summed E-state index contributed by atoms with van der Waals surface area (Å²) in [6.07, 6.45) is -0.409. The number of morpholine rings is 1. The van der Waals surface area contributed by atoms with E-state index in [0.717, 1.165) is 0 Å². The van der Waals surface area contributed by atoms with Crippen LogP contribution in [0.15, 0.2) is 57.8 Å². The molecule has 1 aliphatic rings. The number of benzene rings is 2. The van der Waals surface area contributed by atoms with Crippen molar-refractivity contribution in [2.45, 2.75) is 41.0 Å². The minimum absolute atomic E-state index is 0.0677. The Labute approximate surface area is 212 Å². The number of rotatable bonds is 9. The number of carbonyl (C=O) groups is 1. The van der Waals surface area contributed by atoms with Gasteiger partial charge < -0.3 is 10.1 Å². The van der Waals surface area contributed by atoms with Crippen molar-refractivity contribution >= 4 is 44.0 Å². The number of hydrogen-bond acceptors (Lipinski definition) is 9. The van der Waals surface area contributed by atoms with Gasteiger partial charge in [0.05, 0.1) is 23.6 Å². The summed E-state index contributed by atoms with van der Waals surface area (Å²) >= 11 is 2.62. The fraction of sp³-hybridized carbons (Fsp3) is 0.348. The number of ether oxygens (including phenoxy) is 1. The van der Waals surface area contributed by atoms with Crippen molar-refractivity contribution in [1.82, 2.24) is 14.5 Å². The van der Waals surface area contributed by atoms with Crippen molar-refractivity contribution in [3.05, 3.63) is 65.5 Å². The van der Waals surface area contributed by atoms with E-state index in [2.05, 4.69) is 15.5 Å². The molecule has 0 spiro atoms. The normalized spacial score (nSPS) is 18.9. The number of Topliss-reactive ketones (excluding diaryl/α,β-unsaturated/α-hetero) is 1. The lowest BCUT2D eigenvalue weighted by molar-refractivity contribution is -0.0440. The van der Waals surface area contributed by atoms with Crippen LogP contribution in [0.1, 0.15) is 29.8 Å². The van der Waals surface area contributed by atoms with E-state index < -0.39 is 10.0 Å². The predicted molar refractivity (Wildman–Crippen MR) is 134 cm³/mol. The molecule has 0 bridgehead atoms. The first-order valence-corrected chi connectivity index (χ1v) is 14.2.